The summed E-state index contributed by atoms with van der Waals surface area (Å²) in [6, 6.07) is 16.1. The number of aromatic nitrogens is 5. The predicted octanol–water partition coefficient (Wildman–Crippen LogP) is 5.27. The molecule has 216 valence electrons. The molecule has 42 heavy (non-hydrogen) atoms. The van der Waals surface area contributed by atoms with Crippen molar-refractivity contribution in [3.63, 3.8) is 0 Å². The minimum absolute atomic E-state index is 0.299. The van der Waals surface area contributed by atoms with Crippen LogP contribution >= 0.6 is 0 Å². The van der Waals surface area contributed by atoms with E-state index < -0.39 is 17.9 Å². The number of halogens is 1. The highest BCUT2D eigenvalue weighted by Gasteiger charge is 2.23. The first-order valence-corrected chi connectivity index (χ1v) is 13.7. The molecule has 3 aromatic carbocycles. The summed E-state index contributed by atoms with van der Waals surface area (Å²) in [7, 11) is 2.94. The van der Waals surface area contributed by atoms with Gasteiger partial charge in [-0.3, -0.25) is 0 Å². The summed E-state index contributed by atoms with van der Waals surface area (Å²) < 4.78 is 41.1. The molecule has 2 aromatic heterocycles. The van der Waals surface area contributed by atoms with Gasteiger partial charge in [-0.05, 0) is 49.6 Å². The van der Waals surface area contributed by atoms with Crippen molar-refractivity contribution >= 4 is 17.0 Å². The Morgan fingerprint density at radius 3 is 2.67 bits per heavy atom. The maximum Gasteiger partial charge on any atom is 0.346 e. The Labute approximate surface area is 241 Å². The van der Waals surface area contributed by atoms with Crippen molar-refractivity contribution in [2.45, 2.75) is 39.0 Å². The molecular weight excluding hydrogens is 541 g/mol. The second kappa shape index (κ2) is 11.5. The molecule has 1 aliphatic rings. The Hall–Kier alpha value is -4.93. The first-order chi connectivity index (χ1) is 20.4. The highest BCUT2D eigenvalue weighted by Crippen LogP contribution is 2.37. The average Bonchev–Trinajstić information content (AvgIpc) is 3.60. The molecule has 0 saturated heterocycles. The number of ether oxygens (including phenoxy) is 4. The summed E-state index contributed by atoms with van der Waals surface area (Å²) in [5.41, 5.74) is 3.35. The number of carbonyl (C=O) groups is 1. The topological polar surface area (TPSA) is 103 Å². The first kappa shape index (κ1) is 27.3. The lowest BCUT2D eigenvalue weighted by Crippen LogP contribution is -2.24. The van der Waals surface area contributed by atoms with Crippen LogP contribution in [0, 0.1) is 5.82 Å². The van der Waals surface area contributed by atoms with Gasteiger partial charge >= 0.3 is 5.97 Å². The van der Waals surface area contributed by atoms with Gasteiger partial charge in [0.1, 0.15) is 40.7 Å². The number of methoxy groups -OCH3 is 2. The molecule has 1 aliphatic heterocycles. The fraction of sp³-hybridized carbons (Fsp3) is 0.290. The van der Waals surface area contributed by atoms with Gasteiger partial charge in [0.2, 0.25) is 0 Å². The Morgan fingerprint density at radius 1 is 1.07 bits per heavy atom. The number of carbonyl (C=O) groups excluding carboxylic acids is 1. The van der Waals surface area contributed by atoms with E-state index in [2.05, 4.69) is 10.1 Å². The third-order valence-corrected chi connectivity index (χ3v) is 7.17. The molecule has 0 radical (unpaired) electrons. The van der Waals surface area contributed by atoms with E-state index in [4.69, 9.17) is 23.9 Å². The molecule has 1 unspecified atom stereocenters. The third kappa shape index (κ3) is 5.37. The molecule has 5 aromatic rings. The molecule has 0 saturated carbocycles. The zero-order valence-electron chi connectivity index (χ0n) is 23.5. The Bertz CT molecular complexity index is 1750. The van der Waals surface area contributed by atoms with Gasteiger partial charge in [0.15, 0.2) is 11.9 Å². The Balaban J connectivity index is 1.31. The smallest absolute Gasteiger partial charge is 0.346 e. The molecule has 3 heterocycles. The minimum Gasteiger partial charge on any atom is -0.497 e. The van der Waals surface area contributed by atoms with Crippen LogP contribution in [0.5, 0.6) is 17.2 Å². The van der Waals surface area contributed by atoms with E-state index in [1.54, 1.807) is 43.2 Å². The van der Waals surface area contributed by atoms with E-state index in [1.807, 2.05) is 34.9 Å². The van der Waals surface area contributed by atoms with Crippen LogP contribution in [0.4, 0.5) is 4.39 Å². The van der Waals surface area contributed by atoms with E-state index in [0.717, 1.165) is 29.7 Å². The lowest BCUT2D eigenvalue weighted by atomic mass is 10.1. The van der Waals surface area contributed by atoms with Crippen LogP contribution in [0.2, 0.25) is 0 Å². The lowest BCUT2D eigenvalue weighted by molar-refractivity contribution is -0.147. The second-order valence-electron chi connectivity index (χ2n) is 10.0. The maximum absolute atomic E-state index is 15.6. The second-order valence-corrected chi connectivity index (χ2v) is 10.0. The van der Waals surface area contributed by atoms with Crippen molar-refractivity contribution in [2.24, 2.45) is 0 Å². The van der Waals surface area contributed by atoms with Gasteiger partial charge in [0, 0.05) is 24.2 Å². The number of imidazole rings is 1. The van der Waals surface area contributed by atoms with Gasteiger partial charge in [0.25, 0.3) is 0 Å². The van der Waals surface area contributed by atoms with Crippen LogP contribution in [-0.2, 0) is 22.6 Å². The summed E-state index contributed by atoms with van der Waals surface area (Å²) in [4.78, 5) is 21.1. The molecule has 0 amide bonds. The summed E-state index contributed by atoms with van der Waals surface area (Å²) >= 11 is 0. The summed E-state index contributed by atoms with van der Waals surface area (Å²) in [5.74, 6) is 1.78. The van der Waals surface area contributed by atoms with Crippen molar-refractivity contribution in [3.8, 4) is 40.0 Å². The van der Waals surface area contributed by atoms with Crippen LogP contribution in [0.15, 0.2) is 60.9 Å². The highest BCUT2D eigenvalue weighted by atomic mass is 19.1. The lowest BCUT2D eigenvalue weighted by Gasteiger charge is -2.18. The first-order valence-electron chi connectivity index (χ1n) is 13.7. The number of nitrogens with zero attached hydrogens (tertiary/aromatic N) is 5. The van der Waals surface area contributed by atoms with E-state index in [-0.39, 0.29) is 0 Å². The van der Waals surface area contributed by atoms with Gasteiger partial charge in [-0.15, -0.1) is 0 Å². The standard InChI is InChI=1S/C31H30FN5O5/c1-19(31(38)40-3)42-23-15-26-28-27(16-23)41-13-5-4-12-37(28)30(34-26)21-8-11-24(25(32)14-21)29-33-18-36(35-29)17-20-6-9-22(39-2)10-7-20/h6-11,14-16,18-19H,4-5,12-13,17H2,1-3H3. The van der Waals surface area contributed by atoms with Crippen molar-refractivity contribution in [3.05, 3.63) is 72.3 Å². The summed E-state index contributed by atoms with van der Waals surface area (Å²) in [6.45, 7) is 3.36. The van der Waals surface area contributed by atoms with Crippen LogP contribution in [0.25, 0.3) is 33.8 Å². The fourth-order valence-corrected chi connectivity index (χ4v) is 5.04. The number of hydrogen-bond donors (Lipinski definition) is 0. The molecule has 11 heteroatoms. The molecule has 1 atom stereocenters. The molecule has 10 nitrogen and oxygen atoms in total. The monoisotopic (exact) mass is 571 g/mol. The Morgan fingerprint density at radius 2 is 1.90 bits per heavy atom. The van der Waals surface area contributed by atoms with Crippen LogP contribution in [0.1, 0.15) is 25.3 Å². The van der Waals surface area contributed by atoms with E-state index in [1.165, 1.54) is 13.2 Å². The number of rotatable bonds is 8. The van der Waals surface area contributed by atoms with Crippen LogP contribution < -0.4 is 14.2 Å². The van der Waals surface area contributed by atoms with Gasteiger partial charge in [-0.2, -0.15) is 5.10 Å². The molecule has 0 N–H and O–H groups in total. The SMILES string of the molecule is COC(=O)C(C)Oc1cc2c3c(c1)nc(-c1ccc(-c4ncn(Cc5ccc(OC)cc5)n4)c(F)c1)n3CCCCO2. The quantitative estimate of drug-likeness (QED) is 0.232. The molecule has 0 aliphatic carbocycles. The minimum atomic E-state index is -0.801. The number of hydrogen-bond acceptors (Lipinski definition) is 8. The summed E-state index contributed by atoms with van der Waals surface area (Å²) in [5, 5.41) is 4.50. The predicted molar refractivity (Wildman–Crippen MR) is 153 cm³/mol. The number of aryl methyl sites for hydroxylation is 1. The Kier molecular flexibility index (Phi) is 7.47. The zero-order valence-corrected chi connectivity index (χ0v) is 23.5. The normalized spacial score (nSPS) is 13.6. The highest BCUT2D eigenvalue weighted by molar-refractivity contribution is 5.88. The van der Waals surface area contributed by atoms with Crippen LogP contribution in [-0.4, -0.2) is 57.2 Å². The number of benzene rings is 3. The molecule has 0 fully saturated rings. The summed E-state index contributed by atoms with van der Waals surface area (Å²) in [6.07, 6.45) is 2.52. The van der Waals surface area contributed by atoms with E-state index in [0.29, 0.717) is 59.5 Å². The van der Waals surface area contributed by atoms with Gasteiger partial charge < -0.3 is 23.5 Å². The van der Waals surface area contributed by atoms with Crippen molar-refractivity contribution in [1.29, 1.82) is 0 Å². The van der Waals surface area contributed by atoms with Gasteiger partial charge in [0.05, 0.1) is 38.5 Å². The van der Waals surface area contributed by atoms with Crippen molar-refractivity contribution in [2.75, 3.05) is 20.8 Å². The van der Waals surface area contributed by atoms with Crippen LogP contribution in [0.3, 0.4) is 0 Å². The molecular formula is C31H30FN5O5. The van der Waals surface area contributed by atoms with E-state index >= 15 is 4.39 Å². The maximum atomic E-state index is 15.6. The molecule has 0 spiro atoms. The largest absolute Gasteiger partial charge is 0.497 e. The molecule has 6 rings (SSSR count). The van der Waals surface area contributed by atoms with E-state index in [9.17, 15) is 4.79 Å². The zero-order chi connectivity index (χ0) is 29.2. The van der Waals surface area contributed by atoms with Crippen molar-refractivity contribution in [1.82, 2.24) is 24.3 Å². The molecule has 0 bridgehead atoms. The number of esters is 1. The van der Waals surface area contributed by atoms with Crippen molar-refractivity contribution < 1.29 is 28.1 Å². The fourth-order valence-electron chi connectivity index (χ4n) is 5.04. The van der Waals surface area contributed by atoms with Gasteiger partial charge in [-0.25, -0.2) is 23.8 Å². The third-order valence-electron chi connectivity index (χ3n) is 7.17. The van der Waals surface area contributed by atoms with Gasteiger partial charge in [-0.1, -0.05) is 18.2 Å². The average molecular weight is 572 g/mol.